The molecule has 0 aliphatic carbocycles. The Kier molecular flexibility index (Phi) is 6.60. The normalized spacial score (nSPS) is 10.2. The number of nitrogens with one attached hydrogen (secondary N) is 3. The Bertz CT molecular complexity index is 1080. The fourth-order valence-corrected chi connectivity index (χ4v) is 2.72. The van der Waals surface area contributed by atoms with Crippen LogP contribution in [0.4, 0.5) is 23.0 Å². The molecule has 0 unspecified atom stereocenters. The first-order valence-corrected chi connectivity index (χ1v) is 9.17. The van der Waals surface area contributed by atoms with Gasteiger partial charge in [-0.2, -0.15) is 0 Å². The van der Waals surface area contributed by atoms with Gasteiger partial charge < -0.3 is 10.1 Å². The highest BCUT2D eigenvalue weighted by Crippen LogP contribution is 2.34. The topological polar surface area (TPSA) is 131 Å². The van der Waals surface area contributed by atoms with Crippen molar-refractivity contribution in [3.63, 3.8) is 0 Å². The van der Waals surface area contributed by atoms with E-state index in [1.165, 1.54) is 6.07 Å². The standard InChI is InChI=1S/C19H17ClN6O4/c1-2-30-15-9-4-3-8-14(15)23-17-16(26(28)29)18(22-11-21-17)24-25-19(27)12-6-5-7-13(20)10-12/h3-11H,2H2,1H3,(H,25,27)(H2,21,22,23,24). The molecule has 0 aliphatic heterocycles. The van der Waals surface area contributed by atoms with Crippen LogP contribution in [0, 0.1) is 10.1 Å². The van der Waals surface area contributed by atoms with Gasteiger partial charge in [0.2, 0.25) is 11.6 Å². The number of anilines is 3. The number of nitro groups is 1. The molecule has 0 bridgehead atoms. The van der Waals surface area contributed by atoms with E-state index in [2.05, 4.69) is 26.1 Å². The van der Waals surface area contributed by atoms with E-state index in [0.29, 0.717) is 23.1 Å². The molecule has 0 aliphatic rings. The summed E-state index contributed by atoms with van der Waals surface area (Å²) in [4.78, 5) is 31.1. The van der Waals surface area contributed by atoms with Crippen molar-refractivity contribution in [1.82, 2.24) is 15.4 Å². The maximum absolute atomic E-state index is 12.3. The number of carbonyl (C=O) groups is 1. The number of rotatable bonds is 8. The molecule has 0 radical (unpaired) electrons. The number of amides is 1. The molecule has 30 heavy (non-hydrogen) atoms. The van der Waals surface area contributed by atoms with E-state index in [1.54, 1.807) is 42.5 Å². The minimum absolute atomic E-state index is 0.0679. The number of halogens is 1. The van der Waals surface area contributed by atoms with Gasteiger partial charge >= 0.3 is 5.69 Å². The molecule has 1 amide bonds. The van der Waals surface area contributed by atoms with E-state index in [-0.39, 0.29) is 17.2 Å². The maximum atomic E-state index is 12.3. The first-order valence-electron chi connectivity index (χ1n) is 8.79. The second kappa shape index (κ2) is 9.52. The molecule has 3 N–H and O–H groups in total. The SMILES string of the molecule is CCOc1ccccc1Nc1ncnc(NNC(=O)c2cccc(Cl)c2)c1[N+](=O)[O-]. The Hall–Kier alpha value is -3.92. The van der Waals surface area contributed by atoms with Gasteiger partial charge in [-0.25, -0.2) is 9.97 Å². The molecular formula is C19H17ClN6O4. The summed E-state index contributed by atoms with van der Waals surface area (Å²) in [6.45, 7) is 2.25. The van der Waals surface area contributed by atoms with Crippen LogP contribution in [-0.4, -0.2) is 27.4 Å². The summed E-state index contributed by atoms with van der Waals surface area (Å²) in [6, 6.07) is 13.2. The van der Waals surface area contributed by atoms with Crippen LogP contribution in [0.15, 0.2) is 54.9 Å². The van der Waals surface area contributed by atoms with Crippen molar-refractivity contribution in [2.75, 3.05) is 17.3 Å². The van der Waals surface area contributed by atoms with Gasteiger partial charge in [0.05, 0.1) is 17.2 Å². The van der Waals surface area contributed by atoms with Gasteiger partial charge in [0.1, 0.15) is 12.1 Å². The van der Waals surface area contributed by atoms with Crippen molar-refractivity contribution in [3.05, 3.63) is 75.6 Å². The lowest BCUT2D eigenvalue weighted by atomic mass is 10.2. The molecular weight excluding hydrogens is 412 g/mol. The Balaban J connectivity index is 1.85. The van der Waals surface area contributed by atoms with Crippen molar-refractivity contribution in [2.45, 2.75) is 6.92 Å². The van der Waals surface area contributed by atoms with Crippen LogP contribution in [0.25, 0.3) is 0 Å². The highest BCUT2D eigenvalue weighted by atomic mass is 35.5. The molecule has 10 nitrogen and oxygen atoms in total. The van der Waals surface area contributed by atoms with Crippen molar-refractivity contribution in [2.24, 2.45) is 0 Å². The number of carbonyl (C=O) groups excluding carboxylic acids is 1. The van der Waals surface area contributed by atoms with Gasteiger partial charge in [-0.15, -0.1) is 0 Å². The van der Waals surface area contributed by atoms with Crippen molar-refractivity contribution < 1.29 is 14.5 Å². The van der Waals surface area contributed by atoms with Crippen LogP contribution < -0.4 is 20.9 Å². The number of benzene rings is 2. The zero-order valence-electron chi connectivity index (χ0n) is 15.8. The Morgan fingerprint density at radius 1 is 1.17 bits per heavy atom. The summed E-state index contributed by atoms with van der Waals surface area (Å²) < 4.78 is 5.52. The average Bonchev–Trinajstić information content (AvgIpc) is 2.73. The molecule has 0 fully saturated rings. The van der Waals surface area contributed by atoms with Gasteiger partial charge in [-0.3, -0.25) is 25.8 Å². The predicted molar refractivity (Wildman–Crippen MR) is 112 cm³/mol. The van der Waals surface area contributed by atoms with Gasteiger partial charge in [0.25, 0.3) is 5.91 Å². The Labute approximate surface area is 176 Å². The molecule has 0 spiro atoms. The largest absolute Gasteiger partial charge is 0.492 e. The van der Waals surface area contributed by atoms with Crippen molar-refractivity contribution >= 4 is 40.5 Å². The third kappa shape index (κ3) is 4.92. The van der Waals surface area contributed by atoms with Crippen LogP contribution in [-0.2, 0) is 0 Å². The summed E-state index contributed by atoms with van der Waals surface area (Å²) in [5.41, 5.74) is 5.16. The number of hydrogen-bond acceptors (Lipinski definition) is 8. The van der Waals surface area contributed by atoms with Gasteiger partial charge in [-0.1, -0.05) is 29.8 Å². The molecule has 1 heterocycles. The fraction of sp³-hybridized carbons (Fsp3) is 0.105. The van der Waals surface area contributed by atoms with E-state index in [4.69, 9.17) is 16.3 Å². The Morgan fingerprint density at radius 2 is 1.93 bits per heavy atom. The van der Waals surface area contributed by atoms with Crippen molar-refractivity contribution in [1.29, 1.82) is 0 Å². The third-order valence-corrected chi connectivity index (χ3v) is 4.06. The van der Waals surface area contributed by atoms with E-state index in [0.717, 1.165) is 6.33 Å². The molecule has 0 atom stereocenters. The lowest BCUT2D eigenvalue weighted by Crippen LogP contribution is -2.30. The summed E-state index contributed by atoms with van der Waals surface area (Å²) in [7, 11) is 0. The smallest absolute Gasteiger partial charge is 0.355 e. The summed E-state index contributed by atoms with van der Waals surface area (Å²) in [5.74, 6) is -0.290. The minimum Gasteiger partial charge on any atom is -0.492 e. The molecule has 11 heteroatoms. The zero-order valence-corrected chi connectivity index (χ0v) is 16.5. The third-order valence-electron chi connectivity index (χ3n) is 3.83. The summed E-state index contributed by atoms with van der Waals surface area (Å²) in [5, 5.41) is 15.0. The summed E-state index contributed by atoms with van der Waals surface area (Å²) >= 11 is 5.88. The first kappa shape index (κ1) is 20.8. The van der Waals surface area contributed by atoms with Gasteiger partial charge in [0, 0.05) is 10.6 Å². The number of aromatic nitrogens is 2. The molecule has 2 aromatic carbocycles. The van der Waals surface area contributed by atoms with E-state index >= 15 is 0 Å². The van der Waals surface area contributed by atoms with Gasteiger partial charge in [-0.05, 0) is 37.3 Å². The fourth-order valence-electron chi connectivity index (χ4n) is 2.53. The highest BCUT2D eigenvalue weighted by molar-refractivity contribution is 6.30. The lowest BCUT2D eigenvalue weighted by molar-refractivity contribution is -0.383. The summed E-state index contributed by atoms with van der Waals surface area (Å²) in [6.07, 6.45) is 1.13. The van der Waals surface area contributed by atoms with Crippen LogP contribution in [0.1, 0.15) is 17.3 Å². The predicted octanol–water partition coefficient (Wildman–Crippen LogP) is 3.94. The molecule has 0 saturated heterocycles. The number of hydrogen-bond donors (Lipinski definition) is 3. The number of para-hydroxylation sites is 2. The monoisotopic (exact) mass is 428 g/mol. The molecule has 3 rings (SSSR count). The number of ether oxygens (including phenoxy) is 1. The second-order valence-corrected chi connectivity index (χ2v) is 6.26. The van der Waals surface area contributed by atoms with Gasteiger partial charge in [0.15, 0.2) is 0 Å². The molecule has 154 valence electrons. The average molecular weight is 429 g/mol. The number of hydrazine groups is 1. The van der Waals surface area contributed by atoms with E-state index in [9.17, 15) is 14.9 Å². The zero-order chi connectivity index (χ0) is 21.5. The molecule has 3 aromatic rings. The minimum atomic E-state index is -0.653. The quantitative estimate of drug-likeness (QED) is 0.363. The van der Waals surface area contributed by atoms with Crippen LogP contribution >= 0.6 is 11.6 Å². The molecule has 0 saturated carbocycles. The lowest BCUT2D eigenvalue weighted by Gasteiger charge is -2.13. The molecule has 1 aromatic heterocycles. The van der Waals surface area contributed by atoms with E-state index in [1.807, 2.05) is 6.92 Å². The van der Waals surface area contributed by atoms with Crippen LogP contribution in [0.3, 0.4) is 0 Å². The van der Waals surface area contributed by atoms with Crippen molar-refractivity contribution in [3.8, 4) is 5.75 Å². The highest BCUT2D eigenvalue weighted by Gasteiger charge is 2.24. The maximum Gasteiger partial charge on any atom is 0.355 e. The Morgan fingerprint density at radius 3 is 2.67 bits per heavy atom. The first-order chi connectivity index (χ1) is 14.5. The van der Waals surface area contributed by atoms with Crippen LogP contribution in [0.5, 0.6) is 5.75 Å². The second-order valence-electron chi connectivity index (χ2n) is 5.82. The van der Waals surface area contributed by atoms with E-state index < -0.39 is 16.5 Å². The van der Waals surface area contributed by atoms with Crippen LogP contribution in [0.2, 0.25) is 5.02 Å². The number of nitrogens with zero attached hydrogens (tertiary/aromatic N) is 3.